The van der Waals surface area contributed by atoms with E-state index in [4.69, 9.17) is 4.43 Å². The van der Waals surface area contributed by atoms with Gasteiger partial charge < -0.3 is 4.43 Å². The van der Waals surface area contributed by atoms with Gasteiger partial charge in [0, 0.05) is 25.2 Å². The molecule has 4 heteroatoms. The van der Waals surface area contributed by atoms with Crippen molar-refractivity contribution in [2.75, 3.05) is 19.8 Å². The lowest BCUT2D eigenvalue weighted by atomic mass is 9.88. The van der Waals surface area contributed by atoms with Crippen molar-refractivity contribution < 1.29 is 4.43 Å². The largest absolute Gasteiger partial charge is 0.415 e. The van der Waals surface area contributed by atoms with E-state index in [9.17, 15) is 0 Å². The van der Waals surface area contributed by atoms with Gasteiger partial charge in [0.15, 0.2) is 0 Å². The molecule has 0 aromatic heterocycles. The van der Waals surface area contributed by atoms with E-state index in [-0.39, 0.29) is 0 Å². The van der Waals surface area contributed by atoms with Crippen LogP contribution in [-0.4, -0.2) is 47.3 Å². The zero-order valence-electron chi connectivity index (χ0n) is 12.7. The first-order valence-corrected chi connectivity index (χ1v) is 9.19. The summed E-state index contributed by atoms with van der Waals surface area (Å²) in [7, 11) is 0.841. The Balaban J connectivity index is 1.83. The van der Waals surface area contributed by atoms with Crippen LogP contribution in [0.2, 0.25) is 0 Å². The second-order valence-electron chi connectivity index (χ2n) is 6.25. The van der Waals surface area contributed by atoms with Crippen LogP contribution in [0.4, 0.5) is 0 Å². The molecule has 0 saturated heterocycles. The third-order valence-corrected chi connectivity index (χ3v) is 5.17. The summed E-state index contributed by atoms with van der Waals surface area (Å²) in [6, 6.07) is 1.74. The highest BCUT2D eigenvalue weighted by atomic mass is 28.2. The van der Waals surface area contributed by atoms with Gasteiger partial charge in [-0.15, -0.1) is 0 Å². The highest BCUT2D eigenvalue weighted by Gasteiger charge is 2.28. The van der Waals surface area contributed by atoms with E-state index in [0.29, 0.717) is 0 Å². The minimum absolute atomic E-state index is 0.745. The molecule has 3 nitrogen and oxygen atoms in total. The molecule has 112 valence electrons. The quantitative estimate of drug-likeness (QED) is 0.438. The molecule has 1 N–H and O–H groups in total. The van der Waals surface area contributed by atoms with Crippen LogP contribution in [0.25, 0.3) is 0 Å². The van der Waals surface area contributed by atoms with E-state index in [1.54, 1.807) is 0 Å². The minimum Gasteiger partial charge on any atom is -0.415 e. The van der Waals surface area contributed by atoms with Crippen molar-refractivity contribution in [2.24, 2.45) is 0 Å². The Morgan fingerprint density at radius 2 is 1.42 bits per heavy atom. The fourth-order valence-corrected chi connectivity index (χ4v) is 4.08. The molecule has 0 aromatic rings. The molecule has 0 heterocycles. The predicted molar refractivity (Wildman–Crippen MR) is 84.3 cm³/mol. The summed E-state index contributed by atoms with van der Waals surface area (Å²) in [4.78, 5) is 2.86. The normalized spacial score (nSPS) is 23.2. The van der Waals surface area contributed by atoms with Gasteiger partial charge in [-0.2, -0.15) is 0 Å². The number of rotatable bonds is 7. The Labute approximate surface area is 122 Å². The van der Waals surface area contributed by atoms with Gasteiger partial charge in [0.05, 0.1) is 6.73 Å². The number of hydrogen-bond donors (Lipinski definition) is 1. The Morgan fingerprint density at radius 1 is 0.895 bits per heavy atom. The molecule has 2 fully saturated rings. The van der Waals surface area contributed by atoms with E-state index in [2.05, 4.69) is 10.2 Å². The van der Waals surface area contributed by atoms with Gasteiger partial charge in [0.25, 0.3) is 0 Å². The van der Waals surface area contributed by atoms with Crippen LogP contribution < -0.4 is 5.32 Å². The van der Waals surface area contributed by atoms with Crippen LogP contribution in [0.1, 0.15) is 64.2 Å². The molecule has 0 aliphatic heterocycles. The van der Waals surface area contributed by atoms with Crippen LogP contribution in [0, 0.1) is 0 Å². The molecule has 0 amide bonds. The van der Waals surface area contributed by atoms with Crippen molar-refractivity contribution in [3.8, 4) is 0 Å². The van der Waals surface area contributed by atoms with E-state index in [1.165, 1.54) is 70.8 Å². The first-order chi connectivity index (χ1) is 9.42. The predicted octanol–water partition coefficient (Wildman–Crippen LogP) is 1.80. The van der Waals surface area contributed by atoms with Crippen molar-refractivity contribution in [1.29, 1.82) is 0 Å². The highest BCUT2D eigenvalue weighted by Crippen LogP contribution is 2.29. The van der Waals surface area contributed by atoms with Crippen LogP contribution in [0.3, 0.4) is 0 Å². The monoisotopic (exact) mass is 284 g/mol. The smallest absolute Gasteiger partial charge is 0.147 e. The van der Waals surface area contributed by atoms with Gasteiger partial charge in [-0.05, 0) is 25.7 Å². The number of nitrogens with zero attached hydrogens (tertiary/aromatic N) is 1. The molecule has 0 aromatic carbocycles. The topological polar surface area (TPSA) is 24.5 Å². The first kappa shape index (κ1) is 15.5. The van der Waals surface area contributed by atoms with Gasteiger partial charge in [-0.25, -0.2) is 0 Å². The molecule has 2 rings (SSSR count). The highest BCUT2D eigenvalue weighted by molar-refractivity contribution is 5.97. The maximum atomic E-state index is 5.22. The third-order valence-electron chi connectivity index (χ3n) is 4.88. The van der Waals surface area contributed by atoms with Gasteiger partial charge in [0.2, 0.25) is 0 Å². The zero-order chi connectivity index (χ0) is 13.3. The maximum absolute atomic E-state index is 5.22. The van der Waals surface area contributed by atoms with E-state index in [0.717, 1.165) is 35.8 Å². The molecular weight excluding hydrogens is 252 g/mol. The number of nitrogens with one attached hydrogen (secondary N) is 1. The van der Waals surface area contributed by atoms with Crippen molar-refractivity contribution in [1.82, 2.24) is 10.2 Å². The van der Waals surface area contributed by atoms with Gasteiger partial charge >= 0.3 is 0 Å². The van der Waals surface area contributed by atoms with Crippen LogP contribution in [0.15, 0.2) is 0 Å². The summed E-state index contributed by atoms with van der Waals surface area (Å²) >= 11 is 0. The summed E-state index contributed by atoms with van der Waals surface area (Å²) in [5, 5.41) is 3.41. The molecule has 0 spiro atoms. The average molecular weight is 285 g/mol. The van der Waals surface area contributed by atoms with Gasteiger partial charge in [-0.3, -0.25) is 10.2 Å². The first-order valence-electron chi connectivity index (χ1n) is 8.37. The molecule has 0 bridgehead atoms. The van der Waals surface area contributed by atoms with Crippen LogP contribution in [-0.2, 0) is 4.43 Å². The van der Waals surface area contributed by atoms with Crippen molar-refractivity contribution >= 4 is 10.5 Å². The molecular formula is C15H32N2OSi. The Hall–Kier alpha value is 0.0969. The molecule has 0 unspecified atom stereocenters. The van der Waals surface area contributed by atoms with Crippen molar-refractivity contribution in [3.05, 3.63) is 0 Å². The molecule has 2 saturated carbocycles. The van der Waals surface area contributed by atoms with Gasteiger partial charge in [-0.1, -0.05) is 38.5 Å². The summed E-state index contributed by atoms with van der Waals surface area (Å²) in [5.41, 5.74) is 0. The van der Waals surface area contributed by atoms with E-state index >= 15 is 0 Å². The van der Waals surface area contributed by atoms with Gasteiger partial charge in [0.1, 0.15) is 10.5 Å². The van der Waals surface area contributed by atoms with E-state index < -0.39 is 0 Å². The number of hydrogen-bond acceptors (Lipinski definition) is 3. The van der Waals surface area contributed by atoms with E-state index in [1.807, 2.05) is 0 Å². The lowest BCUT2D eigenvalue weighted by molar-refractivity contribution is 0.0801. The Bertz CT molecular complexity index is 210. The van der Waals surface area contributed by atoms with Crippen molar-refractivity contribution in [3.63, 3.8) is 0 Å². The zero-order valence-corrected chi connectivity index (χ0v) is 14.7. The second kappa shape index (κ2) is 9.11. The second-order valence-corrected chi connectivity index (χ2v) is 6.83. The molecule has 19 heavy (non-hydrogen) atoms. The molecule has 0 radical (unpaired) electrons. The van der Waals surface area contributed by atoms with Crippen molar-refractivity contribution in [2.45, 2.75) is 76.3 Å². The lowest BCUT2D eigenvalue weighted by Crippen LogP contribution is -2.48. The standard InChI is InChI=1S/C15H32N2OSi/c19-18-13-16-11-12-17(14-7-3-1-4-8-14)15-9-5-2-6-10-15/h14-16H,1-13H2,19H3. The average Bonchev–Trinajstić information content (AvgIpc) is 2.49. The van der Waals surface area contributed by atoms with Crippen LogP contribution in [0.5, 0.6) is 0 Å². The summed E-state index contributed by atoms with van der Waals surface area (Å²) in [6.45, 7) is 3.06. The Kier molecular flexibility index (Phi) is 7.42. The fraction of sp³-hybridized carbons (Fsp3) is 1.00. The maximum Gasteiger partial charge on any atom is 0.147 e. The summed E-state index contributed by atoms with van der Waals surface area (Å²) < 4.78 is 5.22. The molecule has 2 aliphatic rings. The summed E-state index contributed by atoms with van der Waals surface area (Å²) in [6.07, 6.45) is 14.5. The summed E-state index contributed by atoms with van der Waals surface area (Å²) in [5.74, 6) is 0. The third kappa shape index (κ3) is 5.18. The van der Waals surface area contributed by atoms with Crippen LogP contribution >= 0.6 is 0 Å². The molecule has 2 aliphatic carbocycles. The minimum atomic E-state index is 0.745. The lowest BCUT2D eigenvalue weighted by Gasteiger charge is -2.41. The Morgan fingerprint density at radius 3 is 1.89 bits per heavy atom. The SMILES string of the molecule is [SiH3]OCNCCN(C1CCCCC1)C1CCCCC1. The fourth-order valence-electron chi connectivity index (χ4n) is 3.87. The molecule has 0 atom stereocenters.